The fourth-order valence-corrected chi connectivity index (χ4v) is 1.93. The van der Waals surface area contributed by atoms with E-state index in [1.165, 1.54) is 0 Å². The van der Waals surface area contributed by atoms with Gasteiger partial charge in [-0.25, -0.2) is 4.79 Å². The number of nitrogens with zero attached hydrogens (tertiary/aromatic N) is 1. The Morgan fingerprint density at radius 3 is 3.00 bits per heavy atom. The molecule has 4 heteroatoms. The average Bonchev–Trinajstić information content (AvgIpc) is 2.47. The highest BCUT2D eigenvalue weighted by Crippen LogP contribution is 2.09. The van der Waals surface area contributed by atoms with Gasteiger partial charge in [0.1, 0.15) is 0 Å². The molecule has 2 amide bonds. The van der Waals surface area contributed by atoms with Crippen molar-refractivity contribution in [3.8, 4) is 0 Å². The molecule has 70 valence electrons. The number of thioether (sulfide) groups is 1. The molecule has 1 rings (SSSR count). The second-order valence-electron chi connectivity index (χ2n) is 3.06. The molecule has 12 heavy (non-hydrogen) atoms. The molecule has 1 fully saturated rings. The van der Waals surface area contributed by atoms with Gasteiger partial charge >= 0.3 is 6.03 Å². The van der Waals surface area contributed by atoms with E-state index in [0.717, 1.165) is 25.3 Å². The Kier molecular flexibility index (Phi) is 3.72. The molecule has 1 aliphatic heterocycles. The van der Waals surface area contributed by atoms with Crippen LogP contribution in [-0.4, -0.2) is 42.1 Å². The average molecular weight is 188 g/mol. The van der Waals surface area contributed by atoms with Crippen LogP contribution in [-0.2, 0) is 0 Å². The van der Waals surface area contributed by atoms with Crippen LogP contribution >= 0.6 is 11.8 Å². The molecule has 0 bridgehead atoms. The molecule has 0 spiro atoms. The minimum atomic E-state index is 0.101. The normalized spacial score (nSPS) is 19.5. The van der Waals surface area contributed by atoms with Crippen LogP contribution in [0.3, 0.4) is 0 Å². The first-order chi connectivity index (χ1) is 5.75. The molecular formula is C8H16N2OS. The predicted octanol–water partition coefficient (Wildman–Crippen LogP) is 1.15. The highest BCUT2D eigenvalue weighted by Gasteiger charge is 2.23. The summed E-state index contributed by atoms with van der Waals surface area (Å²) in [6.45, 7) is 3.79. The van der Waals surface area contributed by atoms with Gasteiger partial charge in [0.25, 0.3) is 0 Å². The lowest BCUT2D eigenvalue weighted by atomic mass is 10.2. The van der Waals surface area contributed by atoms with Crippen LogP contribution in [0.5, 0.6) is 0 Å². The van der Waals surface area contributed by atoms with Crippen molar-refractivity contribution in [1.82, 2.24) is 10.2 Å². The van der Waals surface area contributed by atoms with Gasteiger partial charge in [-0.2, -0.15) is 11.8 Å². The smallest absolute Gasteiger partial charge is 0.317 e. The zero-order chi connectivity index (χ0) is 8.97. The maximum absolute atomic E-state index is 11.2. The predicted molar refractivity (Wildman–Crippen MR) is 52.6 cm³/mol. The molecule has 0 aromatic carbocycles. The molecule has 3 nitrogen and oxygen atoms in total. The molecular weight excluding hydrogens is 172 g/mol. The van der Waals surface area contributed by atoms with E-state index in [1.807, 2.05) is 16.7 Å². The highest BCUT2D eigenvalue weighted by molar-refractivity contribution is 7.98. The molecule has 0 saturated carbocycles. The number of nitrogens with one attached hydrogen (secondary N) is 1. The summed E-state index contributed by atoms with van der Waals surface area (Å²) in [5.41, 5.74) is 0. The summed E-state index contributed by atoms with van der Waals surface area (Å²) in [7, 11) is 0. The van der Waals surface area contributed by atoms with Gasteiger partial charge in [-0.3, -0.25) is 0 Å². The summed E-state index contributed by atoms with van der Waals surface area (Å²) in [4.78, 5) is 13.1. The van der Waals surface area contributed by atoms with Crippen LogP contribution in [0.15, 0.2) is 0 Å². The molecule has 0 aliphatic carbocycles. The Balaban J connectivity index is 2.30. The van der Waals surface area contributed by atoms with Gasteiger partial charge in [0.05, 0.1) is 0 Å². The van der Waals surface area contributed by atoms with E-state index in [1.54, 1.807) is 0 Å². The van der Waals surface area contributed by atoms with Crippen molar-refractivity contribution >= 4 is 17.8 Å². The fraction of sp³-hybridized carbons (Fsp3) is 0.875. The van der Waals surface area contributed by atoms with Gasteiger partial charge in [-0.15, -0.1) is 0 Å². The summed E-state index contributed by atoms with van der Waals surface area (Å²) < 4.78 is 0. The van der Waals surface area contributed by atoms with Crippen LogP contribution in [0.4, 0.5) is 4.79 Å². The van der Waals surface area contributed by atoms with Gasteiger partial charge in [0.2, 0.25) is 0 Å². The van der Waals surface area contributed by atoms with Crippen molar-refractivity contribution in [3.05, 3.63) is 0 Å². The summed E-state index contributed by atoms with van der Waals surface area (Å²) in [5.74, 6) is 1.13. The Morgan fingerprint density at radius 2 is 2.50 bits per heavy atom. The van der Waals surface area contributed by atoms with Crippen LogP contribution in [0.25, 0.3) is 0 Å². The van der Waals surface area contributed by atoms with Gasteiger partial charge < -0.3 is 10.2 Å². The third-order valence-corrected chi connectivity index (χ3v) is 2.81. The Hall–Kier alpha value is -0.380. The van der Waals surface area contributed by atoms with E-state index in [0.29, 0.717) is 6.04 Å². The van der Waals surface area contributed by atoms with Crippen molar-refractivity contribution in [2.75, 3.05) is 25.1 Å². The standard InChI is InChI=1S/C8H16N2OS/c1-7(3-6-12-2)10-5-4-9-8(10)11/h7H,3-6H2,1-2H3,(H,9,11). The second-order valence-corrected chi connectivity index (χ2v) is 4.04. The number of urea groups is 1. The first-order valence-corrected chi connectivity index (χ1v) is 5.68. The van der Waals surface area contributed by atoms with Gasteiger partial charge in [0, 0.05) is 19.1 Å². The molecule has 1 atom stereocenters. The zero-order valence-corrected chi connectivity index (χ0v) is 8.49. The summed E-state index contributed by atoms with van der Waals surface area (Å²) in [5, 5.41) is 2.81. The molecule has 1 heterocycles. The minimum absolute atomic E-state index is 0.101. The second kappa shape index (κ2) is 4.60. The molecule has 1 saturated heterocycles. The molecule has 1 N–H and O–H groups in total. The largest absolute Gasteiger partial charge is 0.336 e. The van der Waals surface area contributed by atoms with E-state index < -0.39 is 0 Å². The summed E-state index contributed by atoms with van der Waals surface area (Å²) >= 11 is 1.83. The molecule has 1 aliphatic rings. The maximum atomic E-state index is 11.2. The van der Waals surface area contributed by atoms with Gasteiger partial charge in [0.15, 0.2) is 0 Å². The number of rotatable bonds is 4. The van der Waals surface area contributed by atoms with Crippen LogP contribution in [0, 0.1) is 0 Å². The summed E-state index contributed by atoms with van der Waals surface area (Å²) in [6, 6.07) is 0.489. The van der Waals surface area contributed by atoms with E-state index in [2.05, 4.69) is 18.5 Å². The lowest BCUT2D eigenvalue weighted by Crippen LogP contribution is -2.36. The molecule has 1 unspecified atom stereocenters. The third kappa shape index (κ3) is 2.30. The number of hydrogen-bond acceptors (Lipinski definition) is 2. The van der Waals surface area contributed by atoms with E-state index >= 15 is 0 Å². The van der Waals surface area contributed by atoms with E-state index in [4.69, 9.17) is 0 Å². The topological polar surface area (TPSA) is 32.3 Å². The number of hydrogen-bond donors (Lipinski definition) is 1. The van der Waals surface area contributed by atoms with Crippen molar-refractivity contribution in [2.24, 2.45) is 0 Å². The lowest BCUT2D eigenvalue weighted by Gasteiger charge is -2.22. The maximum Gasteiger partial charge on any atom is 0.317 e. The van der Waals surface area contributed by atoms with E-state index in [-0.39, 0.29) is 6.03 Å². The number of carbonyl (C=O) groups is 1. The number of amides is 2. The van der Waals surface area contributed by atoms with Crippen LogP contribution in [0.2, 0.25) is 0 Å². The van der Waals surface area contributed by atoms with Crippen molar-refractivity contribution < 1.29 is 4.79 Å². The minimum Gasteiger partial charge on any atom is -0.336 e. The lowest BCUT2D eigenvalue weighted by molar-refractivity contribution is 0.201. The Morgan fingerprint density at radius 1 is 1.75 bits per heavy atom. The fourth-order valence-electron chi connectivity index (χ4n) is 1.35. The third-order valence-electron chi connectivity index (χ3n) is 2.16. The van der Waals surface area contributed by atoms with Gasteiger partial charge in [-0.1, -0.05) is 0 Å². The first-order valence-electron chi connectivity index (χ1n) is 4.29. The zero-order valence-electron chi connectivity index (χ0n) is 7.67. The Bertz CT molecular complexity index is 163. The molecule has 0 radical (unpaired) electrons. The summed E-state index contributed by atoms with van der Waals surface area (Å²) in [6.07, 6.45) is 3.19. The van der Waals surface area contributed by atoms with Crippen molar-refractivity contribution in [1.29, 1.82) is 0 Å². The highest BCUT2D eigenvalue weighted by atomic mass is 32.2. The molecule has 0 aromatic rings. The van der Waals surface area contributed by atoms with Crippen LogP contribution < -0.4 is 5.32 Å². The van der Waals surface area contributed by atoms with Gasteiger partial charge in [-0.05, 0) is 25.4 Å². The van der Waals surface area contributed by atoms with Crippen molar-refractivity contribution in [3.63, 3.8) is 0 Å². The van der Waals surface area contributed by atoms with E-state index in [9.17, 15) is 4.79 Å². The SMILES string of the molecule is CSCCC(C)N1CCNC1=O. The van der Waals surface area contributed by atoms with Crippen molar-refractivity contribution in [2.45, 2.75) is 19.4 Å². The Labute approximate surface area is 77.9 Å². The molecule has 0 aromatic heterocycles. The van der Waals surface area contributed by atoms with Crippen LogP contribution in [0.1, 0.15) is 13.3 Å². The quantitative estimate of drug-likeness (QED) is 0.718. The number of carbonyl (C=O) groups excluding carboxylic acids is 1. The first kappa shape index (κ1) is 9.71. The monoisotopic (exact) mass is 188 g/mol.